The first-order valence-corrected chi connectivity index (χ1v) is 15.7. The highest BCUT2D eigenvalue weighted by molar-refractivity contribution is 5.59. The van der Waals surface area contributed by atoms with Gasteiger partial charge in [-0.3, -0.25) is 0 Å². The van der Waals surface area contributed by atoms with E-state index in [4.69, 9.17) is 4.74 Å². The molecule has 3 aliphatic heterocycles. The number of ether oxygens (including phenoxy) is 1. The summed E-state index contributed by atoms with van der Waals surface area (Å²) >= 11 is 0. The zero-order chi connectivity index (χ0) is 27.4. The number of benzene rings is 2. The van der Waals surface area contributed by atoms with Crippen LogP contribution < -0.4 is 4.74 Å². The second-order valence-electron chi connectivity index (χ2n) is 14.1. The van der Waals surface area contributed by atoms with Crippen molar-refractivity contribution in [2.75, 3.05) is 27.2 Å². The molecule has 2 saturated heterocycles. The van der Waals surface area contributed by atoms with Gasteiger partial charge in [-0.25, -0.2) is 0 Å². The fraction of sp³-hybridized carbons (Fsp3) is 0.600. The van der Waals surface area contributed by atoms with Gasteiger partial charge in [0.1, 0.15) is 23.7 Å². The lowest BCUT2D eigenvalue weighted by Gasteiger charge is -2.58. The summed E-state index contributed by atoms with van der Waals surface area (Å²) in [4.78, 5) is 5.08. The van der Waals surface area contributed by atoms with Crippen LogP contribution in [0.3, 0.4) is 0 Å². The van der Waals surface area contributed by atoms with Crippen LogP contribution in [0.4, 0.5) is 0 Å². The molecule has 5 nitrogen and oxygen atoms in total. The minimum absolute atomic E-state index is 0.000278. The van der Waals surface area contributed by atoms with Crippen molar-refractivity contribution in [2.24, 2.45) is 11.8 Å². The van der Waals surface area contributed by atoms with Crippen LogP contribution in [-0.4, -0.2) is 71.5 Å². The number of piperidine rings is 2. The van der Waals surface area contributed by atoms with Crippen molar-refractivity contribution in [3.63, 3.8) is 0 Å². The minimum Gasteiger partial charge on any atom is -0.508 e. The highest BCUT2D eigenvalue weighted by Crippen LogP contribution is 2.61. The smallest absolute Gasteiger partial charge is 0.138 e. The Labute approximate surface area is 238 Å². The van der Waals surface area contributed by atoms with Crippen molar-refractivity contribution < 1.29 is 14.9 Å². The number of hydrogen-bond acceptors (Lipinski definition) is 5. The molecule has 3 heterocycles. The summed E-state index contributed by atoms with van der Waals surface area (Å²) in [5.41, 5.74) is 7.43. The van der Waals surface area contributed by atoms with Gasteiger partial charge >= 0.3 is 0 Å². The number of phenols is 1. The van der Waals surface area contributed by atoms with Crippen molar-refractivity contribution in [3.05, 3.63) is 70.3 Å². The molecule has 40 heavy (non-hydrogen) atoms. The van der Waals surface area contributed by atoms with E-state index in [9.17, 15) is 10.2 Å². The molecule has 212 valence electrons. The van der Waals surface area contributed by atoms with Crippen molar-refractivity contribution in [1.29, 1.82) is 0 Å². The summed E-state index contributed by atoms with van der Waals surface area (Å²) in [6.07, 6.45) is 13.8. The van der Waals surface area contributed by atoms with Gasteiger partial charge in [-0.1, -0.05) is 43.2 Å². The number of phenolic OH excluding ortho intramolecular Hbond substituents is 1. The summed E-state index contributed by atoms with van der Waals surface area (Å²) in [7, 11) is 4.54. The number of likely N-dealkylation sites (N-methyl/N-ethyl adjacent to an activating group) is 2. The first-order valence-electron chi connectivity index (χ1n) is 15.7. The Balaban J connectivity index is 0.000000123. The quantitative estimate of drug-likeness (QED) is 0.467. The highest BCUT2D eigenvalue weighted by Gasteiger charge is 2.63. The minimum atomic E-state index is -0.483. The maximum atomic E-state index is 10.5. The number of aryl methyl sites for hydroxylation is 1. The molecule has 4 bridgehead atoms. The lowest BCUT2D eigenvalue weighted by Crippen LogP contribution is -2.64. The monoisotopic (exact) mass is 540 g/mol. The largest absolute Gasteiger partial charge is 0.508 e. The Morgan fingerprint density at radius 1 is 0.900 bits per heavy atom. The summed E-state index contributed by atoms with van der Waals surface area (Å²) in [6.45, 7) is 4.43. The molecule has 2 N–H and O–H groups in total. The van der Waals surface area contributed by atoms with Gasteiger partial charge in [-0.2, -0.15) is 0 Å². The predicted octanol–water partition coefficient (Wildman–Crippen LogP) is 4.88. The molecule has 9 rings (SSSR count). The zero-order valence-corrected chi connectivity index (χ0v) is 24.3. The summed E-state index contributed by atoms with van der Waals surface area (Å²) < 4.78 is 6.34. The molecule has 5 heteroatoms. The lowest BCUT2D eigenvalue weighted by atomic mass is 9.52. The van der Waals surface area contributed by atoms with Crippen LogP contribution in [-0.2, 0) is 23.7 Å². The normalized spacial score (nSPS) is 40.2. The average Bonchev–Trinajstić information content (AvgIpc) is 3.32. The maximum Gasteiger partial charge on any atom is 0.138 e. The molecule has 1 saturated carbocycles. The van der Waals surface area contributed by atoms with Crippen LogP contribution in [0.1, 0.15) is 66.3 Å². The molecule has 3 fully saturated rings. The third kappa shape index (κ3) is 3.26. The van der Waals surface area contributed by atoms with Gasteiger partial charge in [-0.15, -0.1) is 0 Å². The van der Waals surface area contributed by atoms with E-state index in [-0.39, 0.29) is 11.5 Å². The van der Waals surface area contributed by atoms with Crippen LogP contribution >= 0.6 is 0 Å². The Morgan fingerprint density at radius 2 is 1.68 bits per heavy atom. The van der Waals surface area contributed by atoms with E-state index in [1.807, 2.05) is 12.1 Å². The third-order valence-electron chi connectivity index (χ3n) is 12.5. The van der Waals surface area contributed by atoms with Crippen molar-refractivity contribution in [3.8, 4) is 11.5 Å². The fourth-order valence-electron chi connectivity index (χ4n) is 10.6. The van der Waals surface area contributed by atoms with Crippen LogP contribution in [0.15, 0.2) is 42.5 Å². The topological polar surface area (TPSA) is 56.2 Å². The fourth-order valence-corrected chi connectivity index (χ4v) is 10.6. The van der Waals surface area contributed by atoms with Gasteiger partial charge in [0.2, 0.25) is 0 Å². The number of aliphatic hydroxyl groups excluding tert-OH is 1. The standard InChI is InChI=1S/C18H21NO2.C17H23NO/c1-10-3-4-11-9-13-12-5-6-14(20)17-18(12,7-8-19(13)2)15(11)16(10)21-17;1-18-9-8-17-7-3-2-4-14(17)16(18)10-12-5-6-13(19)11-15(12)17/h3-6,12-14,17,20H,7-9H2,1-2H3;5-6,11,14,16,19H,2-4,7-10H2,1H3/t12-,13?,14?,17?,18-;14?,16?,17-/m01/s1. The number of fused-ring (bicyclic) bond motifs is 1. The average molecular weight is 541 g/mol. The Hall–Kier alpha value is -2.34. The number of rotatable bonds is 0. The Kier molecular flexibility index (Phi) is 5.60. The SMILES string of the molecule is CN1CC[C@]23CCCCC2C1Cc1ccc(O)cc13.Cc1ccc2c3c1OC1C(O)C=C[C@H]4C(C2)N(C)CC[C@]314. The van der Waals surface area contributed by atoms with Crippen LogP contribution in [0, 0.1) is 18.8 Å². The van der Waals surface area contributed by atoms with E-state index < -0.39 is 6.10 Å². The molecule has 0 amide bonds. The maximum absolute atomic E-state index is 10.5. The van der Waals surface area contributed by atoms with Crippen LogP contribution in [0.5, 0.6) is 11.5 Å². The van der Waals surface area contributed by atoms with Gasteiger partial charge < -0.3 is 24.7 Å². The summed E-state index contributed by atoms with van der Waals surface area (Å²) in [5, 5.41) is 20.4. The molecule has 4 aliphatic carbocycles. The number of likely N-dealkylation sites (tertiary alicyclic amines) is 2. The molecular formula is C35H44N2O3. The predicted molar refractivity (Wildman–Crippen MR) is 157 cm³/mol. The van der Waals surface area contributed by atoms with Gasteiger partial charge in [0.25, 0.3) is 0 Å². The molecule has 7 aliphatic rings. The molecule has 8 atom stereocenters. The first kappa shape index (κ1) is 25.4. The van der Waals surface area contributed by atoms with Gasteiger partial charge in [-0.05, 0) is 113 Å². The van der Waals surface area contributed by atoms with E-state index in [0.29, 0.717) is 23.1 Å². The van der Waals surface area contributed by atoms with E-state index in [1.165, 1.54) is 72.9 Å². The molecular weight excluding hydrogens is 496 g/mol. The molecule has 0 aromatic heterocycles. The number of aliphatic hydroxyl groups is 1. The molecule has 2 aromatic carbocycles. The van der Waals surface area contributed by atoms with Gasteiger partial charge in [0, 0.05) is 34.4 Å². The number of hydrogen-bond donors (Lipinski definition) is 2. The number of nitrogens with zero attached hydrogens (tertiary/aromatic N) is 2. The van der Waals surface area contributed by atoms with E-state index in [2.05, 4.69) is 61.2 Å². The zero-order valence-electron chi connectivity index (χ0n) is 24.3. The van der Waals surface area contributed by atoms with Crippen LogP contribution in [0.25, 0.3) is 0 Å². The third-order valence-corrected chi connectivity index (χ3v) is 12.5. The van der Waals surface area contributed by atoms with E-state index in [0.717, 1.165) is 37.1 Å². The van der Waals surface area contributed by atoms with E-state index >= 15 is 0 Å². The number of aromatic hydroxyl groups is 1. The molecule has 1 spiro atoms. The summed E-state index contributed by atoms with van der Waals surface area (Å²) in [6, 6.07) is 11.8. The highest BCUT2D eigenvalue weighted by atomic mass is 16.5. The van der Waals surface area contributed by atoms with E-state index in [1.54, 1.807) is 0 Å². The first-order chi connectivity index (χ1) is 19.3. The lowest BCUT2D eigenvalue weighted by molar-refractivity contribution is -0.0451. The molecule has 5 unspecified atom stereocenters. The van der Waals surface area contributed by atoms with Crippen LogP contribution in [0.2, 0.25) is 0 Å². The second-order valence-corrected chi connectivity index (χ2v) is 14.1. The second kappa shape index (κ2) is 8.83. The molecule has 0 radical (unpaired) electrons. The summed E-state index contributed by atoms with van der Waals surface area (Å²) in [5.74, 6) is 2.80. The van der Waals surface area contributed by atoms with Crippen molar-refractivity contribution >= 4 is 0 Å². The molecule has 2 aromatic rings. The van der Waals surface area contributed by atoms with Crippen molar-refractivity contribution in [1.82, 2.24) is 9.80 Å². The van der Waals surface area contributed by atoms with Gasteiger partial charge in [0.15, 0.2) is 0 Å². The van der Waals surface area contributed by atoms with Crippen molar-refractivity contribution in [2.45, 2.75) is 93.4 Å². The van der Waals surface area contributed by atoms with Gasteiger partial charge in [0.05, 0.1) is 0 Å². The Morgan fingerprint density at radius 3 is 2.55 bits per heavy atom. The Bertz CT molecular complexity index is 1390.